The highest BCUT2D eigenvalue weighted by Gasteiger charge is 1.94. The Balaban J connectivity index is 0. The van der Waals surface area contributed by atoms with Crippen molar-refractivity contribution in [1.29, 1.82) is 0 Å². The average Bonchev–Trinajstić information content (AvgIpc) is 1.96. The van der Waals surface area contributed by atoms with Crippen LogP contribution in [0.15, 0.2) is 0 Å². The Labute approximate surface area is 93.1 Å². The Morgan fingerprint density at radius 3 is 2.00 bits per heavy atom. The summed E-state index contributed by atoms with van der Waals surface area (Å²) in [5.74, 6) is 1.02. The first-order chi connectivity index (χ1) is 5.27. The van der Waals surface area contributed by atoms with Crippen molar-refractivity contribution >= 4 is 37.7 Å². The summed E-state index contributed by atoms with van der Waals surface area (Å²) < 4.78 is 0. The van der Waals surface area contributed by atoms with E-state index in [0.717, 1.165) is 12.2 Å². The van der Waals surface area contributed by atoms with Crippen molar-refractivity contribution in [1.82, 2.24) is 0 Å². The molecule has 0 aliphatic carbocycles. The van der Waals surface area contributed by atoms with E-state index in [-0.39, 0.29) is 17.8 Å². The molecule has 1 unspecified atom stereocenters. The van der Waals surface area contributed by atoms with Crippen LogP contribution in [0.2, 0.25) is 0 Å². The Morgan fingerprint density at radius 1 is 1.00 bits per heavy atom. The van der Waals surface area contributed by atoms with Gasteiger partial charge in [-0.3, -0.25) is 0 Å². The number of thiol groups is 2. The molecule has 0 amide bonds. The van der Waals surface area contributed by atoms with E-state index in [0.29, 0.717) is 0 Å². The van der Waals surface area contributed by atoms with Gasteiger partial charge in [0.05, 0.1) is 0 Å². The van der Waals surface area contributed by atoms with E-state index < -0.39 is 0 Å². The van der Waals surface area contributed by atoms with Crippen LogP contribution in [0, 0.1) is 0 Å². The van der Waals surface area contributed by atoms with Gasteiger partial charge in [0.15, 0.2) is 0 Å². The van der Waals surface area contributed by atoms with Gasteiger partial charge in [0, 0.05) is 5.37 Å². The van der Waals surface area contributed by atoms with Gasteiger partial charge in [-0.25, -0.2) is 0 Å². The highest BCUT2D eigenvalue weighted by atomic mass is 35.5. The maximum Gasteiger partial charge on any atom is 0.0477 e. The number of nitrogens with two attached hydrogens (primary N) is 1. The molecule has 12 heavy (non-hydrogen) atoms. The number of unbranched alkanes of at least 4 members (excludes halogenated alkanes) is 4. The summed E-state index contributed by atoms with van der Waals surface area (Å²) in [7, 11) is 0. The predicted molar refractivity (Wildman–Crippen MR) is 65.8 cm³/mol. The highest BCUT2D eigenvalue weighted by Crippen LogP contribution is 2.07. The lowest BCUT2D eigenvalue weighted by molar-refractivity contribution is 0.604. The molecule has 1 atom stereocenters. The van der Waals surface area contributed by atoms with Gasteiger partial charge < -0.3 is 5.73 Å². The van der Waals surface area contributed by atoms with Crippen LogP contribution < -0.4 is 5.73 Å². The molecule has 0 saturated carbocycles. The lowest BCUT2D eigenvalue weighted by atomic mass is 10.1. The molecule has 0 bridgehead atoms. The average molecular weight is 230 g/mol. The second-order valence-electron chi connectivity index (χ2n) is 2.85. The van der Waals surface area contributed by atoms with Crippen molar-refractivity contribution < 1.29 is 0 Å². The zero-order valence-electron chi connectivity index (χ0n) is 7.41. The first kappa shape index (κ1) is 15.4. The second kappa shape index (κ2) is 11.9. The van der Waals surface area contributed by atoms with E-state index in [1.165, 1.54) is 32.1 Å². The molecule has 0 aliphatic rings. The lowest BCUT2D eigenvalue weighted by Crippen LogP contribution is -2.10. The van der Waals surface area contributed by atoms with Gasteiger partial charge in [-0.15, -0.1) is 12.4 Å². The van der Waals surface area contributed by atoms with E-state index in [4.69, 9.17) is 5.73 Å². The highest BCUT2D eigenvalue weighted by molar-refractivity contribution is 7.80. The molecule has 0 heterocycles. The third kappa shape index (κ3) is 13.5. The first-order valence-corrected chi connectivity index (χ1v) is 5.46. The van der Waals surface area contributed by atoms with Gasteiger partial charge in [0.25, 0.3) is 0 Å². The number of hydrogen-bond acceptors (Lipinski definition) is 3. The van der Waals surface area contributed by atoms with Crippen molar-refractivity contribution in [3.05, 3.63) is 0 Å². The molecule has 76 valence electrons. The first-order valence-electron chi connectivity index (χ1n) is 4.32. The summed E-state index contributed by atoms with van der Waals surface area (Å²) in [5, 5.41) is 0.0832. The molecule has 0 aromatic rings. The smallest absolute Gasteiger partial charge is 0.0477 e. The van der Waals surface area contributed by atoms with Gasteiger partial charge in [-0.1, -0.05) is 25.7 Å². The lowest BCUT2D eigenvalue weighted by Gasteiger charge is -2.02. The molecule has 0 aromatic heterocycles. The van der Waals surface area contributed by atoms with Gasteiger partial charge in [0.1, 0.15) is 0 Å². The van der Waals surface area contributed by atoms with Crippen LogP contribution in [0.3, 0.4) is 0 Å². The van der Waals surface area contributed by atoms with Crippen LogP contribution in [0.4, 0.5) is 0 Å². The van der Waals surface area contributed by atoms with Crippen LogP contribution in [-0.2, 0) is 0 Å². The molecule has 0 rings (SSSR count). The molecule has 0 aromatic carbocycles. The topological polar surface area (TPSA) is 26.0 Å². The van der Waals surface area contributed by atoms with E-state index in [2.05, 4.69) is 25.3 Å². The SMILES string of the molecule is Cl.NC(S)CCCCCCCS. The molecule has 4 heteroatoms. The van der Waals surface area contributed by atoms with Crippen molar-refractivity contribution in [2.45, 2.75) is 43.9 Å². The Morgan fingerprint density at radius 2 is 1.50 bits per heavy atom. The minimum Gasteiger partial charge on any atom is -0.320 e. The number of rotatable bonds is 7. The van der Waals surface area contributed by atoms with Crippen LogP contribution >= 0.6 is 37.7 Å². The van der Waals surface area contributed by atoms with Crippen molar-refractivity contribution in [2.24, 2.45) is 5.73 Å². The predicted octanol–water partition coefficient (Wildman–Crippen LogP) is 2.89. The quantitative estimate of drug-likeness (QED) is 0.350. The second-order valence-corrected chi connectivity index (χ2v) is 3.96. The van der Waals surface area contributed by atoms with Gasteiger partial charge >= 0.3 is 0 Å². The number of hydrogen-bond donors (Lipinski definition) is 3. The van der Waals surface area contributed by atoms with E-state index in [1.54, 1.807) is 0 Å². The molecule has 1 nitrogen and oxygen atoms in total. The Hall–Kier alpha value is 0.950. The molecule has 0 radical (unpaired) electrons. The van der Waals surface area contributed by atoms with Crippen molar-refractivity contribution in [3.8, 4) is 0 Å². The molecular formula is C8H20ClNS2. The fourth-order valence-corrected chi connectivity index (χ4v) is 1.40. The largest absolute Gasteiger partial charge is 0.320 e. The Kier molecular flexibility index (Phi) is 15.4. The number of halogens is 1. The maximum absolute atomic E-state index is 5.49. The monoisotopic (exact) mass is 229 g/mol. The molecule has 0 saturated heterocycles. The molecule has 0 aliphatic heterocycles. The standard InChI is InChI=1S/C8H19NS2.ClH/c9-8(11)6-4-2-1-3-5-7-10;/h8,10-11H,1-7,9H2;1H. The summed E-state index contributed by atoms with van der Waals surface area (Å²) in [6, 6.07) is 0. The van der Waals surface area contributed by atoms with Crippen LogP contribution in [-0.4, -0.2) is 11.1 Å². The summed E-state index contributed by atoms with van der Waals surface area (Å²) in [6.07, 6.45) is 7.44. The summed E-state index contributed by atoms with van der Waals surface area (Å²) in [5.41, 5.74) is 5.49. The fraction of sp³-hybridized carbons (Fsp3) is 1.00. The van der Waals surface area contributed by atoms with E-state index >= 15 is 0 Å². The minimum atomic E-state index is 0. The Bertz CT molecular complexity index is 81.5. The molecule has 2 N–H and O–H groups in total. The fourth-order valence-electron chi connectivity index (χ4n) is 0.996. The van der Waals surface area contributed by atoms with Crippen molar-refractivity contribution in [3.63, 3.8) is 0 Å². The van der Waals surface area contributed by atoms with Crippen LogP contribution in [0.1, 0.15) is 38.5 Å². The van der Waals surface area contributed by atoms with Crippen LogP contribution in [0.25, 0.3) is 0 Å². The summed E-state index contributed by atoms with van der Waals surface area (Å²) in [4.78, 5) is 0. The zero-order chi connectivity index (χ0) is 8.53. The molecular weight excluding hydrogens is 210 g/mol. The maximum atomic E-state index is 5.49. The summed E-state index contributed by atoms with van der Waals surface area (Å²) >= 11 is 8.25. The van der Waals surface area contributed by atoms with Gasteiger partial charge in [0.2, 0.25) is 0 Å². The van der Waals surface area contributed by atoms with Crippen LogP contribution in [0.5, 0.6) is 0 Å². The summed E-state index contributed by atoms with van der Waals surface area (Å²) in [6.45, 7) is 0. The minimum absolute atomic E-state index is 0. The van der Waals surface area contributed by atoms with Crippen molar-refractivity contribution in [2.75, 3.05) is 5.75 Å². The molecule has 0 spiro atoms. The van der Waals surface area contributed by atoms with E-state index in [1.807, 2.05) is 0 Å². The third-order valence-corrected chi connectivity index (χ3v) is 2.23. The third-order valence-electron chi connectivity index (χ3n) is 1.66. The van der Waals surface area contributed by atoms with E-state index in [9.17, 15) is 0 Å². The van der Waals surface area contributed by atoms with Gasteiger partial charge in [-0.05, 0) is 18.6 Å². The molecule has 0 fully saturated rings. The zero-order valence-corrected chi connectivity index (χ0v) is 10.0. The van der Waals surface area contributed by atoms with Gasteiger partial charge in [-0.2, -0.15) is 25.3 Å². The normalized spacial score (nSPS) is 12.2.